The van der Waals surface area contributed by atoms with Crippen molar-refractivity contribution in [2.45, 2.75) is 64.5 Å². The molecule has 0 aliphatic carbocycles. The summed E-state index contributed by atoms with van der Waals surface area (Å²) in [5, 5.41) is 3.52. The van der Waals surface area contributed by atoms with E-state index in [2.05, 4.69) is 62.3 Å². The standard InChI is InChI=1S/C19H32N2/c1-5-18-8-6-7-13-21(18)14-19(20-4)17-11-9-16(10-12-17)15(2)3/h9-12,15,18-20H,5-8,13-14H2,1-4H3. The molecular formula is C19H32N2. The summed E-state index contributed by atoms with van der Waals surface area (Å²) < 4.78 is 0. The van der Waals surface area contributed by atoms with E-state index in [0.29, 0.717) is 12.0 Å². The van der Waals surface area contributed by atoms with Crippen LogP contribution >= 0.6 is 0 Å². The quantitative estimate of drug-likeness (QED) is 0.838. The van der Waals surface area contributed by atoms with Gasteiger partial charge in [-0.2, -0.15) is 0 Å². The number of likely N-dealkylation sites (N-methyl/N-ethyl adjacent to an activating group) is 1. The number of hydrogen-bond donors (Lipinski definition) is 1. The van der Waals surface area contributed by atoms with Crippen molar-refractivity contribution >= 4 is 0 Å². The number of benzene rings is 1. The molecule has 1 fully saturated rings. The summed E-state index contributed by atoms with van der Waals surface area (Å²) in [5.74, 6) is 0.610. The number of hydrogen-bond acceptors (Lipinski definition) is 2. The molecule has 2 atom stereocenters. The second-order valence-electron chi connectivity index (χ2n) is 6.72. The summed E-state index contributed by atoms with van der Waals surface area (Å²) in [6.45, 7) is 9.24. The Kier molecular flexibility index (Phi) is 6.25. The molecule has 0 spiro atoms. The van der Waals surface area contributed by atoms with Crippen molar-refractivity contribution in [1.82, 2.24) is 10.2 Å². The average Bonchev–Trinajstić information content (AvgIpc) is 2.53. The van der Waals surface area contributed by atoms with Gasteiger partial charge in [0.15, 0.2) is 0 Å². The lowest BCUT2D eigenvalue weighted by Gasteiger charge is -2.37. The second-order valence-corrected chi connectivity index (χ2v) is 6.72. The van der Waals surface area contributed by atoms with Crippen LogP contribution in [0.5, 0.6) is 0 Å². The molecule has 0 bridgehead atoms. The highest BCUT2D eigenvalue weighted by Crippen LogP contribution is 2.24. The molecule has 0 amide bonds. The molecule has 1 heterocycles. The zero-order chi connectivity index (χ0) is 15.2. The van der Waals surface area contributed by atoms with Gasteiger partial charge in [0.05, 0.1) is 0 Å². The molecule has 1 saturated heterocycles. The van der Waals surface area contributed by atoms with E-state index in [-0.39, 0.29) is 0 Å². The van der Waals surface area contributed by atoms with Crippen LogP contribution in [0.1, 0.15) is 69.5 Å². The van der Waals surface area contributed by atoms with Crippen molar-refractivity contribution in [2.24, 2.45) is 0 Å². The van der Waals surface area contributed by atoms with E-state index < -0.39 is 0 Å². The summed E-state index contributed by atoms with van der Waals surface area (Å²) in [6, 6.07) is 10.4. The molecule has 0 aromatic heterocycles. The molecule has 2 unspecified atom stereocenters. The average molecular weight is 288 g/mol. The first kappa shape index (κ1) is 16.5. The Balaban J connectivity index is 2.04. The lowest BCUT2D eigenvalue weighted by Crippen LogP contribution is -2.43. The van der Waals surface area contributed by atoms with E-state index in [1.54, 1.807) is 0 Å². The highest BCUT2D eigenvalue weighted by molar-refractivity contribution is 5.27. The Morgan fingerprint density at radius 1 is 1.14 bits per heavy atom. The van der Waals surface area contributed by atoms with Crippen molar-refractivity contribution in [2.75, 3.05) is 20.1 Å². The molecule has 1 aromatic rings. The molecular weight excluding hydrogens is 256 g/mol. The van der Waals surface area contributed by atoms with Crippen LogP contribution < -0.4 is 5.32 Å². The van der Waals surface area contributed by atoms with E-state index in [0.717, 1.165) is 12.6 Å². The lowest BCUT2D eigenvalue weighted by molar-refractivity contribution is 0.130. The maximum atomic E-state index is 3.52. The largest absolute Gasteiger partial charge is 0.312 e. The lowest BCUT2D eigenvalue weighted by atomic mass is 9.96. The van der Waals surface area contributed by atoms with Crippen LogP contribution in [0.4, 0.5) is 0 Å². The predicted octanol–water partition coefficient (Wildman–Crippen LogP) is 4.34. The van der Waals surface area contributed by atoms with Gasteiger partial charge in [-0.25, -0.2) is 0 Å². The van der Waals surface area contributed by atoms with Gasteiger partial charge < -0.3 is 5.32 Å². The molecule has 1 aliphatic heterocycles. The van der Waals surface area contributed by atoms with Gasteiger partial charge in [-0.3, -0.25) is 4.90 Å². The van der Waals surface area contributed by atoms with Crippen LogP contribution in [-0.4, -0.2) is 31.1 Å². The first-order chi connectivity index (χ1) is 10.2. The molecule has 2 nitrogen and oxygen atoms in total. The van der Waals surface area contributed by atoms with Gasteiger partial charge in [0.2, 0.25) is 0 Å². The molecule has 1 aliphatic rings. The van der Waals surface area contributed by atoms with Gasteiger partial charge in [0.1, 0.15) is 0 Å². The highest BCUT2D eigenvalue weighted by atomic mass is 15.2. The number of likely N-dealkylation sites (tertiary alicyclic amines) is 1. The van der Waals surface area contributed by atoms with Crippen LogP contribution in [0.15, 0.2) is 24.3 Å². The first-order valence-corrected chi connectivity index (χ1v) is 8.66. The molecule has 2 rings (SSSR count). The van der Waals surface area contributed by atoms with Crippen molar-refractivity contribution in [3.63, 3.8) is 0 Å². The maximum absolute atomic E-state index is 3.52. The Labute approximate surface area is 130 Å². The third-order valence-corrected chi connectivity index (χ3v) is 4.99. The van der Waals surface area contributed by atoms with Gasteiger partial charge >= 0.3 is 0 Å². The molecule has 21 heavy (non-hydrogen) atoms. The van der Waals surface area contributed by atoms with Gasteiger partial charge in [0.25, 0.3) is 0 Å². The second kappa shape index (κ2) is 7.95. The van der Waals surface area contributed by atoms with E-state index in [9.17, 15) is 0 Å². The molecule has 118 valence electrons. The number of nitrogens with one attached hydrogen (secondary N) is 1. The first-order valence-electron chi connectivity index (χ1n) is 8.66. The normalized spacial score (nSPS) is 21.7. The van der Waals surface area contributed by atoms with Crippen molar-refractivity contribution in [1.29, 1.82) is 0 Å². The fourth-order valence-corrected chi connectivity index (χ4v) is 3.47. The van der Waals surface area contributed by atoms with E-state index in [4.69, 9.17) is 0 Å². The summed E-state index contributed by atoms with van der Waals surface area (Å²) in [5.41, 5.74) is 2.85. The Bertz CT molecular complexity index is 410. The van der Waals surface area contributed by atoms with E-state index >= 15 is 0 Å². The minimum atomic E-state index is 0.443. The summed E-state index contributed by atoms with van der Waals surface area (Å²) in [7, 11) is 2.09. The van der Waals surface area contributed by atoms with Gasteiger partial charge in [-0.1, -0.05) is 51.5 Å². The third kappa shape index (κ3) is 4.31. The smallest absolute Gasteiger partial charge is 0.0446 e. The predicted molar refractivity (Wildman–Crippen MR) is 91.8 cm³/mol. The zero-order valence-electron chi connectivity index (χ0n) is 14.2. The van der Waals surface area contributed by atoms with Crippen LogP contribution in [0, 0.1) is 0 Å². The highest BCUT2D eigenvalue weighted by Gasteiger charge is 2.23. The van der Waals surface area contributed by atoms with Crippen molar-refractivity contribution < 1.29 is 0 Å². The summed E-state index contributed by atoms with van der Waals surface area (Å²) >= 11 is 0. The molecule has 0 radical (unpaired) electrons. The summed E-state index contributed by atoms with van der Waals surface area (Å²) in [4.78, 5) is 2.70. The maximum Gasteiger partial charge on any atom is 0.0446 e. The minimum absolute atomic E-state index is 0.443. The van der Waals surface area contributed by atoms with Crippen molar-refractivity contribution in [3.05, 3.63) is 35.4 Å². The van der Waals surface area contributed by atoms with E-state index in [1.807, 2.05) is 0 Å². The Morgan fingerprint density at radius 2 is 1.81 bits per heavy atom. The van der Waals surface area contributed by atoms with Gasteiger partial charge in [-0.15, -0.1) is 0 Å². The number of piperidine rings is 1. The zero-order valence-corrected chi connectivity index (χ0v) is 14.2. The van der Waals surface area contributed by atoms with Crippen LogP contribution in [0.2, 0.25) is 0 Å². The third-order valence-electron chi connectivity index (χ3n) is 4.99. The fourth-order valence-electron chi connectivity index (χ4n) is 3.47. The molecule has 1 N–H and O–H groups in total. The number of rotatable bonds is 6. The van der Waals surface area contributed by atoms with Crippen LogP contribution in [0.3, 0.4) is 0 Å². The van der Waals surface area contributed by atoms with Gasteiger partial charge in [-0.05, 0) is 49.9 Å². The Morgan fingerprint density at radius 3 is 2.38 bits per heavy atom. The van der Waals surface area contributed by atoms with Crippen molar-refractivity contribution in [3.8, 4) is 0 Å². The Hall–Kier alpha value is -0.860. The van der Waals surface area contributed by atoms with Gasteiger partial charge in [0, 0.05) is 18.6 Å². The SMILES string of the molecule is CCC1CCCCN1CC(NC)c1ccc(C(C)C)cc1. The molecule has 2 heteroatoms. The van der Waals surface area contributed by atoms with Crippen LogP contribution in [0.25, 0.3) is 0 Å². The summed E-state index contributed by atoms with van der Waals surface area (Å²) in [6.07, 6.45) is 5.42. The topological polar surface area (TPSA) is 15.3 Å². The fraction of sp³-hybridized carbons (Fsp3) is 0.684. The number of nitrogens with zero attached hydrogens (tertiary/aromatic N) is 1. The monoisotopic (exact) mass is 288 g/mol. The minimum Gasteiger partial charge on any atom is -0.312 e. The molecule has 1 aromatic carbocycles. The molecule has 0 saturated carbocycles. The van der Waals surface area contributed by atoms with E-state index in [1.165, 1.54) is 43.4 Å². The van der Waals surface area contributed by atoms with Crippen LogP contribution in [-0.2, 0) is 0 Å².